The molecule has 0 atom stereocenters. The van der Waals surface area contributed by atoms with Gasteiger partial charge in [0.1, 0.15) is 0 Å². The second-order valence-corrected chi connectivity index (χ2v) is 1.02. The maximum atomic E-state index is 3.78. The Balaban J connectivity index is -0.000000114. The van der Waals surface area contributed by atoms with Gasteiger partial charge >= 0.3 is 0 Å². The van der Waals surface area contributed by atoms with E-state index in [1.807, 2.05) is 32.0 Å². The van der Waals surface area contributed by atoms with Crippen LogP contribution < -0.4 is 0 Å². The summed E-state index contributed by atoms with van der Waals surface area (Å²) in [6.45, 7) is 4.00. The SMILES string of the molecule is CC.[CH3-].[Y].c1ccncc1. The molecule has 1 rings (SSSR count). The Labute approximate surface area is 89.1 Å². The number of hydrogen-bond donors (Lipinski definition) is 0. The van der Waals surface area contributed by atoms with Crippen LogP contribution in [-0.2, 0) is 32.7 Å². The molecule has 0 spiro atoms. The van der Waals surface area contributed by atoms with Gasteiger partial charge in [0.15, 0.2) is 0 Å². The minimum absolute atomic E-state index is 0. The summed E-state index contributed by atoms with van der Waals surface area (Å²) < 4.78 is 0. The largest absolute Gasteiger partial charge is 0.358 e. The predicted octanol–water partition coefficient (Wildman–Crippen LogP) is 2.56. The Morgan fingerprint density at radius 2 is 1.30 bits per heavy atom. The zero-order chi connectivity index (χ0) is 6.24. The van der Waals surface area contributed by atoms with Crippen LogP contribution in [0.3, 0.4) is 0 Å². The van der Waals surface area contributed by atoms with Crippen molar-refractivity contribution in [3.8, 4) is 0 Å². The molecule has 1 radical (unpaired) electrons. The van der Waals surface area contributed by atoms with Gasteiger partial charge in [-0.25, -0.2) is 0 Å². The second kappa shape index (κ2) is 16.1. The second-order valence-electron chi connectivity index (χ2n) is 1.02. The molecule has 2 heteroatoms. The standard InChI is InChI=1S/C5H5N.C2H6.CH3.Y/c1-2-4-6-5-3-1;1-2;;/h1-5H;1-2H3;1H3;/q;;-1;. The van der Waals surface area contributed by atoms with Crippen LogP contribution in [0.15, 0.2) is 30.6 Å². The van der Waals surface area contributed by atoms with E-state index in [0.717, 1.165) is 0 Å². The summed E-state index contributed by atoms with van der Waals surface area (Å²) in [4.78, 5) is 3.78. The first-order valence-corrected chi connectivity index (χ1v) is 2.85. The Kier molecular flexibility index (Phi) is 26.9. The summed E-state index contributed by atoms with van der Waals surface area (Å²) in [5.74, 6) is 0. The molecular weight excluding hydrogens is 199 g/mol. The van der Waals surface area contributed by atoms with Crippen molar-refractivity contribution in [1.29, 1.82) is 0 Å². The van der Waals surface area contributed by atoms with Crippen molar-refractivity contribution in [2.75, 3.05) is 0 Å². The molecule has 1 nitrogen and oxygen atoms in total. The smallest absolute Gasteiger partial charge is 0.0267 e. The molecule has 10 heavy (non-hydrogen) atoms. The van der Waals surface area contributed by atoms with E-state index in [9.17, 15) is 0 Å². The van der Waals surface area contributed by atoms with Gasteiger partial charge < -0.3 is 7.43 Å². The van der Waals surface area contributed by atoms with Gasteiger partial charge in [0.25, 0.3) is 0 Å². The van der Waals surface area contributed by atoms with Crippen LogP contribution in [0.2, 0.25) is 0 Å². The summed E-state index contributed by atoms with van der Waals surface area (Å²) in [6.07, 6.45) is 3.50. The van der Waals surface area contributed by atoms with Crippen molar-refractivity contribution in [3.63, 3.8) is 0 Å². The molecule has 1 aromatic heterocycles. The van der Waals surface area contributed by atoms with Crippen molar-refractivity contribution in [2.24, 2.45) is 0 Å². The maximum absolute atomic E-state index is 3.78. The summed E-state index contributed by atoms with van der Waals surface area (Å²) in [5, 5.41) is 0. The third-order valence-electron chi connectivity index (χ3n) is 0.566. The van der Waals surface area contributed by atoms with Crippen molar-refractivity contribution in [2.45, 2.75) is 13.8 Å². The van der Waals surface area contributed by atoms with Crippen LogP contribution >= 0.6 is 0 Å². The summed E-state index contributed by atoms with van der Waals surface area (Å²) in [7, 11) is 0. The van der Waals surface area contributed by atoms with Gasteiger partial charge in [-0.1, -0.05) is 19.9 Å². The Morgan fingerprint density at radius 3 is 1.40 bits per heavy atom. The topological polar surface area (TPSA) is 12.9 Å². The molecule has 1 heterocycles. The number of nitrogens with zero attached hydrogens (tertiary/aromatic N) is 1. The minimum atomic E-state index is 0. The fraction of sp³-hybridized carbons (Fsp3) is 0.250. The number of pyridine rings is 1. The summed E-state index contributed by atoms with van der Waals surface area (Å²) in [5.41, 5.74) is 0. The molecular formula is C8H14NY-. The zero-order valence-corrected chi connectivity index (χ0v) is 9.75. The average Bonchev–Trinajstić information content (AvgIpc) is 1.96. The molecule has 1 aromatic rings. The molecule has 0 aliphatic carbocycles. The average molecular weight is 213 g/mol. The van der Waals surface area contributed by atoms with Crippen molar-refractivity contribution in [3.05, 3.63) is 38.0 Å². The molecule has 0 N–H and O–H groups in total. The number of rotatable bonds is 0. The van der Waals surface area contributed by atoms with Gasteiger partial charge in [-0.3, -0.25) is 4.98 Å². The fourth-order valence-electron chi connectivity index (χ4n) is 0.313. The molecule has 0 aliphatic heterocycles. The quantitative estimate of drug-likeness (QED) is 0.603. The molecule has 0 aliphatic rings. The molecule has 0 amide bonds. The van der Waals surface area contributed by atoms with E-state index < -0.39 is 0 Å². The van der Waals surface area contributed by atoms with Crippen molar-refractivity contribution in [1.82, 2.24) is 4.98 Å². The molecule has 0 fully saturated rings. The zero-order valence-electron chi connectivity index (χ0n) is 6.91. The van der Waals surface area contributed by atoms with Crippen LogP contribution in [0.4, 0.5) is 0 Å². The fourth-order valence-corrected chi connectivity index (χ4v) is 0.313. The monoisotopic (exact) mass is 213 g/mol. The Morgan fingerprint density at radius 1 is 0.900 bits per heavy atom. The first-order valence-electron chi connectivity index (χ1n) is 2.85. The van der Waals surface area contributed by atoms with Gasteiger partial charge in [0, 0.05) is 45.1 Å². The Bertz CT molecular complexity index is 81.2. The van der Waals surface area contributed by atoms with Gasteiger partial charge in [-0.05, 0) is 12.1 Å². The predicted molar refractivity (Wildman–Crippen MR) is 42.0 cm³/mol. The van der Waals surface area contributed by atoms with Crippen molar-refractivity contribution >= 4 is 0 Å². The van der Waals surface area contributed by atoms with Crippen LogP contribution in [-0.4, -0.2) is 4.98 Å². The van der Waals surface area contributed by atoms with Crippen LogP contribution in [0, 0.1) is 7.43 Å². The first-order chi connectivity index (χ1) is 4.00. The summed E-state index contributed by atoms with van der Waals surface area (Å²) in [6, 6.07) is 5.72. The number of hydrogen-bond acceptors (Lipinski definition) is 1. The first kappa shape index (κ1) is 16.7. The summed E-state index contributed by atoms with van der Waals surface area (Å²) >= 11 is 0. The molecule has 0 saturated heterocycles. The van der Waals surface area contributed by atoms with Gasteiger partial charge in [0.2, 0.25) is 0 Å². The van der Waals surface area contributed by atoms with Crippen molar-refractivity contribution < 1.29 is 32.7 Å². The van der Waals surface area contributed by atoms with Crippen LogP contribution in [0.5, 0.6) is 0 Å². The van der Waals surface area contributed by atoms with Crippen LogP contribution in [0.25, 0.3) is 0 Å². The maximum Gasteiger partial charge on any atom is 0.0267 e. The van der Waals surface area contributed by atoms with Crippen LogP contribution in [0.1, 0.15) is 13.8 Å². The molecule has 0 unspecified atom stereocenters. The van der Waals surface area contributed by atoms with E-state index in [1.165, 1.54) is 0 Å². The van der Waals surface area contributed by atoms with Gasteiger partial charge in [-0.2, -0.15) is 0 Å². The Hall–Kier alpha value is 0.254. The number of aromatic nitrogens is 1. The third-order valence-corrected chi connectivity index (χ3v) is 0.566. The van der Waals surface area contributed by atoms with Gasteiger partial charge in [-0.15, -0.1) is 0 Å². The van der Waals surface area contributed by atoms with E-state index in [4.69, 9.17) is 0 Å². The van der Waals surface area contributed by atoms with Gasteiger partial charge in [0.05, 0.1) is 0 Å². The molecule has 0 saturated carbocycles. The normalized spacial score (nSPS) is 5.40. The molecule has 0 aromatic carbocycles. The minimum Gasteiger partial charge on any atom is -0.358 e. The van der Waals surface area contributed by atoms with E-state index in [1.54, 1.807) is 12.4 Å². The third kappa shape index (κ3) is 11.1. The van der Waals surface area contributed by atoms with E-state index in [-0.39, 0.29) is 40.1 Å². The van der Waals surface area contributed by atoms with E-state index in [0.29, 0.717) is 0 Å². The van der Waals surface area contributed by atoms with E-state index in [2.05, 4.69) is 4.98 Å². The molecule has 55 valence electrons. The van der Waals surface area contributed by atoms with E-state index >= 15 is 0 Å². The molecule has 0 bridgehead atoms.